The number of aromatic amines is 2. The molecule has 0 aliphatic rings. The van der Waals surface area contributed by atoms with E-state index < -0.39 is 11.6 Å². The summed E-state index contributed by atoms with van der Waals surface area (Å²) in [5.74, 6) is -1.13. The van der Waals surface area contributed by atoms with E-state index in [0.29, 0.717) is 5.56 Å². The molecule has 24 heavy (non-hydrogen) atoms. The molecule has 0 unspecified atom stereocenters. The maximum atomic E-state index is 14.1. The number of aromatic nitrogens is 2. The van der Waals surface area contributed by atoms with E-state index in [1.807, 2.05) is 30.5 Å². The van der Waals surface area contributed by atoms with Gasteiger partial charge in [0.05, 0.1) is 11.0 Å². The molecule has 0 bridgehead atoms. The van der Waals surface area contributed by atoms with Gasteiger partial charge in [-0.25, -0.2) is 8.78 Å². The molecule has 2 N–H and O–H groups in total. The summed E-state index contributed by atoms with van der Waals surface area (Å²) in [6, 6.07) is 15.5. The zero-order valence-electron chi connectivity index (χ0n) is 12.5. The second-order valence-corrected chi connectivity index (χ2v) is 5.94. The molecule has 0 saturated carbocycles. The highest BCUT2D eigenvalue weighted by Gasteiger charge is 2.11. The first kappa shape index (κ1) is 13.3. The Balaban J connectivity index is 1.82. The average Bonchev–Trinajstić information content (AvgIpc) is 3.18. The van der Waals surface area contributed by atoms with Crippen molar-refractivity contribution in [1.29, 1.82) is 0 Å². The third-order valence-corrected chi connectivity index (χ3v) is 4.54. The van der Waals surface area contributed by atoms with Crippen LogP contribution in [0.1, 0.15) is 0 Å². The molecule has 2 heterocycles. The second kappa shape index (κ2) is 4.68. The predicted octanol–water partition coefficient (Wildman–Crippen LogP) is 5.75. The lowest BCUT2D eigenvalue weighted by atomic mass is 10.0. The molecule has 0 atom stereocenters. The van der Waals surface area contributed by atoms with Crippen LogP contribution in [0.3, 0.4) is 0 Å². The lowest BCUT2D eigenvalue weighted by Crippen LogP contribution is -1.86. The zero-order chi connectivity index (χ0) is 16.3. The molecule has 116 valence electrons. The number of halogens is 2. The lowest BCUT2D eigenvalue weighted by Gasteiger charge is -2.04. The molecule has 0 spiro atoms. The molecular formula is C20H12F2N2. The Labute approximate surface area is 135 Å². The smallest absolute Gasteiger partial charge is 0.133 e. The minimum Gasteiger partial charge on any atom is -0.359 e. The predicted molar refractivity (Wildman–Crippen MR) is 93.0 cm³/mol. The van der Waals surface area contributed by atoms with Crippen molar-refractivity contribution < 1.29 is 8.78 Å². The fourth-order valence-electron chi connectivity index (χ4n) is 3.38. The van der Waals surface area contributed by atoms with Gasteiger partial charge in [0.1, 0.15) is 11.6 Å². The van der Waals surface area contributed by atoms with Crippen molar-refractivity contribution in [2.75, 3.05) is 0 Å². The summed E-state index contributed by atoms with van der Waals surface area (Å²) >= 11 is 0. The quantitative estimate of drug-likeness (QED) is 0.394. The Morgan fingerprint density at radius 1 is 0.750 bits per heavy atom. The summed E-state index contributed by atoms with van der Waals surface area (Å²) < 4.78 is 27.2. The van der Waals surface area contributed by atoms with Gasteiger partial charge in [0.15, 0.2) is 0 Å². The van der Waals surface area contributed by atoms with Crippen molar-refractivity contribution in [2.45, 2.75) is 0 Å². The summed E-state index contributed by atoms with van der Waals surface area (Å²) in [6.45, 7) is 0. The number of rotatable bonds is 1. The topological polar surface area (TPSA) is 31.6 Å². The third-order valence-electron chi connectivity index (χ3n) is 4.54. The molecule has 0 fully saturated rings. The number of hydrogen-bond donors (Lipinski definition) is 2. The first-order chi connectivity index (χ1) is 11.7. The van der Waals surface area contributed by atoms with Crippen LogP contribution in [0.25, 0.3) is 43.8 Å². The van der Waals surface area contributed by atoms with Crippen molar-refractivity contribution in [1.82, 2.24) is 9.97 Å². The molecular weight excluding hydrogens is 306 g/mol. The molecule has 0 radical (unpaired) electrons. The van der Waals surface area contributed by atoms with Gasteiger partial charge in [-0.2, -0.15) is 0 Å². The highest BCUT2D eigenvalue weighted by molar-refractivity contribution is 6.16. The Bertz CT molecular complexity index is 1230. The minimum atomic E-state index is -0.571. The number of fused-ring (bicyclic) bond motifs is 5. The van der Waals surface area contributed by atoms with Gasteiger partial charge in [-0.3, -0.25) is 0 Å². The monoisotopic (exact) mass is 318 g/mol. The molecule has 5 rings (SSSR count). The highest BCUT2D eigenvalue weighted by atomic mass is 19.1. The van der Waals surface area contributed by atoms with Crippen LogP contribution < -0.4 is 0 Å². The van der Waals surface area contributed by atoms with E-state index in [2.05, 4.69) is 22.1 Å². The van der Waals surface area contributed by atoms with Crippen LogP contribution in [0.2, 0.25) is 0 Å². The fourth-order valence-corrected chi connectivity index (χ4v) is 3.38. The molecule has 2 aromatic heterocycles. The van der Waals surface area contributed by atoms with E-state index in [1.165, 1.54) is 12.1 Å². The Kier molecular flexibility index (Phi) is 2.59. The SMILES string of the molecule is Fc1ccc(-c2ccc3[nH]c4c(ccc5cc[nH]c54)c3c2)c(F)c1. The molecule has 5 aromatic rings. The van der Waals surface area contributed by atoms with Crippen LogP contribution >= 0.6 is 0 Å². The van der Waals surface area contributed by atoms with Crippen molar-refractivity contribution in [2.24, 2.45) is 0 Å². The molecule has 0 amide bonds. The van der Waals surface area contributed by atoms with E-state index in [-0.39, 0.29) is 0 Å². The van der Waals surface area contributed by atoms with Gasteiger partial charge < -0.3 is 9.97 Å². The highest BCUT2D eigenvalue weighted by Crippen LogP contribution is 2.34. The van der Waals surface area contributed by atoms with E-state index >= 15 is 0 Å². The first-order valence-corrected chi connectivity index (χ1v) is 7.68. The first-order valence-electron chi connectivity index (χ1n) is 7.68. The van der Waals surface area contributed by atoms with Gasteiger partial charge in [-0.05, 0) is 35.9 Å². The van der Waals surface area contributed by atoms with Crippen molar-refractivity contribution >= 4 is 32.7 Å². The van der Waals surface area contributed by atoms with Crippen molar-refractivity contribution in [3.63, 3.8) is 0 Å². The zero-order valence-corrected chi connectivity index (χ0v) is 12.5. The molecule has 3 aromatic carbocycles. The maximum absolute atomic E-state index is 14.1. The van der Waals surface area contributed by atoms with Gasteiger partial charge in [-0.1, -0.05) is 18.2 Å². The Morgan fingerprint density at radius 3 is 2.54 bits per heavy atom. The second-order valence-electron chi connectivity index (χ2n) is 5.94. The summed E-state index contributed by atoms with van der Waals surface area (Å²) in [5.41, 5.74) is 4.20. The van der Waals surface area contributed by atoms with Crippen molar-refractivity contribution in [3.8, 4) is 11.1 Å². The summed E-state index contributed by atoms with van der Waals surface area (Å²) in [4.78, 5) is 6.68. The standard InChI is InChI=1S/C20H12F2N2/c21-13-3-5-14(17(22)10-13)12-2-6-18-16(9-12)15-4-1-11-7-8-23-19(11)20(15)24-18/h1-10,23-24H. The van der Waals surface area contributed by atoms with Gasteiger partial charge in [0.2, 0.25) is 0 Å². The van der Waals surface area contributed by atoms with Crippen LogP contribution in [-0.4, -0.2) is 9.97 Å². The maximum Gasteiger partial charge on any atom is 0.133 e. The van der Waals surface area contributed by atoms with Gasteiger partial charge in [-0.15, -0.1) is 0 Å². The molecule has 2 nitrogen and oxygen atoms in total. The van der Waals surface area contributed by atoms with Crippen molar-refractivity contribution in [3.05, 3.63) is 72.4 Å². The van der Waals surface area contributed by atoms with Crippen LogP contribution in [0.15, 0.2) is 60.8 Å². The van der Waals surface area contributed by atoms with E-state index in [0.717, 1.165) is 44.3 Å². The molecule has 0 aliphatic heterocycles. The number of benzene rings is 3. The Morgan fingerprint density at radius 2 is 1.67 bits per heavy atom. The average molecular weight is 318 g/mol. The van der Waals surface area contributed by atoms with E-state index in [1.54, 1.807) is 0 Å². The number of H-pyrrole nitrogens is 2. The normalized spacial score (nSPS) is 11.8. The molecule has 4 heteroatoms. The van der Waals surface area contributed by atoms with Crippen LogP contribution in [-0.2, 0) is 0 Å². The van der Waals surface area contributed by atoms with Crippen LogP contribution in [0, 0.1) is 11.6 Å². The molecule has 0 saturated heterocycles. The minimum absolute atomic E-state index is 0.397. The number of hydrogen-bond acceptors (Lipinski definition) is 0. The summed E-state index contributed by atoms with van der Waals surface area (Å²) in [5, 5.41) is 3.23. The van der Waals surface area contributed by atoms with Crippen LogP contribution in [0.5, 0.6) is 0 Å². The van der Waals surface area contributed by atoms with Crippen LogP contribution in [0.4, 0.5) is 8.78 Å². The largest absolute Gasteiger partial charge is 0.359 e. The fraction of sp³-hybridized carbons (Fsp3) is 0. The van der Waals surface area contributed by atoms with E-state index in [9.17, 15) is 8.78 Å². The summed E-state index contributed by atoms with van der Waals surface area (Å²) in [6.07, 6.45) is 1.91. The van der Waals surface area contributed by atoms with Gasteiger partial charge in [0, 0.05) is 39.5 Å². The third kappa shape index (κ3) is 1.80. The van der Waals surface area contributed by atoms with E-state index in [4.69, 9.17) is 0 Å². The Hall–Kier alpha value is -3.14. The molecule has 0 aliphatic carbocycles. The van der Waals surface area contributed by atoms with Gasteiger partial charge in [0.25, 0.3) is 0 Å². The van der Waals surface area contributed by atoms with Gasteiger partial charge >= 0.3 is 0 Å². The summed E-state index contributed by atoms with van der Waals surface area (Å²) in [7, 11) is 0. The number of nitrogens with one attached hydrogen (secondary N) is 2. The lowest BCUT2D eigenvalue weighted by molar-refractivity contribution is 0.585.